The molecule has 0 unspecified atom stereocenters. The molecule has 1 N–H and O–H groups in total. The predicted octanol–water partition coefficient (Wildman–Crippen LogP) is 2.98. The summed E-state index contributed by atoms with van der Waals surface area (Å²) in [6.07, 6.45) is 0.424. The van der Waals surface area contributed by atoms with E-state index in [1.54, 1.807) is 6.07 Å². The van der Waals surface area contributed by atoms with Gasteiger partial charge in [-0.25, -0.2) is 8.42 Å². The second-order valence-electron chi connectivity index (χ2n) is 4.64. The lowest BCUT2D eigenvalue weighted by atomic mass is 10.0. The molecule has 0 radical (unpaired) electrons. The van der Waals surface area contributed by atoms with Crippen LogP contribution in [0.15, 0.2) is 23.1 Å². The van der Waals surface area contributed by atoms with Crippen molar-refractivity contribution in [3.05, 3.63) is 23.8 Å². The summed E-state index contributed by atoms with van der Waals surface area (Å²) in [5.41, 5.74) is 0.724. The molecule has 0 aliphatic heterocycles. The van der Waals surface area contributed by atoms with Gasteiger partial charge in [-0.3, -0.25) is 4.79 Å². The van der Waals surface area contributed by atoms with E-state index in [0.29, 0.717) is 12.2 Å². The molecule has 1 aromatic rings. The predicted molar refractivity (Wildman–Crippen MR) is 75.9 cm³/mol. The fraction of sp³-hybridized carbons (Fsp3) is 0.462. The molecule has 0 heterocycles. The Morgan fingerprint density at radius 1 is 1.40 bits per heavy atom. The van der Waals surface area contributed by atoms with Crippen LogP contribution < -0.4 is 4.74 Å². The monoisotopic (exact) mass is 320 g/mol. The number of hydrogen-bond donors (Lipinski definition) is 1. The van der Waals surface area contributed by atoms with Crippen LogP contribution in [0.1, 0.15) is 38.2 Å². The summed E-state index contributed by atoms with van der Waals surface area (Å²) >= 11 is 0. The van der Waals surface area contributed by atoms with Gasteiger partial charge in [-0.2, -0.15) is 0 Å². The number of carboxylic acid groups (broad SMARTS) is 1. The van der Waals surface area contributed by atoms with Gasteiger partial charge >= 0.3 is 5.97 Å². The second kappa shape index (κ2) is 6.95. The molecule has 0 aliphatic rings. The van der Waals surface area contributed by atoms with Crippen molar-refractivity contribution in [3.63, 3.8) is 0 Å². The molecule has 20 heavy (non-hydrogen) atoms. The smallest absolute Gasteiger partial charge is 0.303 e. The first-order chi connectivity index (χ1) is 9.21. The average molecular weight is 321 g/mol. The van der Waals surface area contributed by atoms with Gasteiger partial charge in [0.05, 0.1) is 11.5 Å². The van der Waals surface area contributed by atoms with Crippen molar-refractivity contribution in [1.29, 1.82) is 0 Å². The Labute approximate surface area is 122 Å². The van der Waals surface area contributed by atoms with E-state index in [1.165, 1.54) is 12.1 Å². The lowest BCUT2D eigenvalue weighted by Crippen LogP contribution is -2.05. The molecule has 0 bridgehead atoms. The highest BCUT2D eigenvalue weighted by Gasteiger charge is 2.15. The molecule has 0 spiro atoms. The minimum atomic E-state index is -3.77. The molecule has 0 aromatic heterocycles. The van der Waals surface area contributed by atoms with Crippen LogP contribution in [0.4, 0.5) is 0 Å². The number of halogens is 1. The fourth-order valence-corrected chi connectivity index (χ4v) is 2.45. The molecular weight excluding hydrogens is 304 g/mol. The standard InChI is InChI=1S/C13H17ClO5S/c1-9(2)11-8-10(20(14,17)18)5-6-12(11)19-7-3-4-13(15)16/h5-6,8-9H,3-4,7H2,1-2H3,(H,15,16). The van der Waals surface area contributed by atoms with Crippen molar-refractivity contribution in [1.82, 2.24) is 0 Å². The Hall–Kier alpha value is -1.27. The number of hydrogen-bond acceptors (Lipinski definition) is 4. The third-order valence-corrected chi connectivity index (χ3v) is 4.03. The van der Waals surface area contributed by atoms with E-state index in [-0.39, 0.29) is 23.8 Å². The van der Waals surface area contributed by atoms with Gasteiger partial charge in [-0.1, -0.05) is 13.8 Å². The molecule has 0 atom stereocenters. The first-order valence-electron chi connectivity index (χ1n) is 6.15. The molecule has 0 aliphatic carbocycles. The van der Waals surface area contributed by atoms with Crippen molar-refractivity contribution in [2.45, 2.75) is 37.5 Å². The molecule has 5 nitrogen and oxygen atoms in total. The highest BCUT2D eigenvalue weighted by atomic mass is 35.7. The molecule has 0 saturated heterocycles. The van der Waals surface area contributed by atoms with E-state index in [0.717, 1.165) is 5.56 Å². The van der Waals surface area contributed by atoms with Gasteiger partial charge in [0.1, 0.15) is 5.75 Å². The molecule has 1 aromatic carbocycles. The van der Waals surface area contributed by atoms with Gasteiger partial charge in [0, 0.05) is 17.1 Å². The van der Waals surface area contributed by atoms with Gasteiger partial charge in [0.25, 0.3) is 9.05 Å². The summed E-state index contributed by atoms with van der Waals surface area (Å²) in [5.74, 6) is -0.265. The van der Waals surface area contributed by atoms with Crippen molar-refractivity contribution >= 4 is 25.7 Å². The highest BCUT2D eigenvalue weighted by molar-refractivity contribution is 8.13. The molecule has 112 valence electrons. The van der Waals surface area contributed by atoms with E-state index < -0.39 is 15.0 Å². The Balaban J connectivity index is 2.88. The summed E-state index contributed by atoms with van der Waals surface area (Å²) in [4.78, 5) is 10.4. The third kappa shape index (κ3) is 5.02. The topological polar surface area (TPSA) is 80.7 Å². The largest absolute Gasteiger partial charge is 0.493 e. The van der Waals surface area contributed by atoms with Crippen LogP contribution in [0.5, 0.6) is 5.75 Å². The molecule has 7 heteroatoms. The van der Waals surface area contributed by atoms with Crippen molar-refractivity contribution in [2.24, 2.45) is 0 Å². The van der Waals surface area contributed by atoms with Crippen molar-refractivity contribution in [2.75, 3.05) is 6.61 Å². The summed E-state index contributed by atoms with van der Waals surface area (Å²) in [7, 11) is 1.54. The van der Waals surface area contributed by atoms with E-state index in [2.05, 4.69) is 0 Å². The number of benzene rings is 1. The van der Waals surface area contributed by atoms with E-state index >= 15 is 0 Å². The number of rotatable bonds is 7. The zero-order chi connectivity index (χ0) is 15.3. The van der Waals surface area contributed by atoms with E-state index in [1.807, 2.05) is 13.8 Å². The van der Waals surface area contributed by atoms with Gasteiger partial charge in [0.15, 0.2) is 0 Å². The Morgan fingerprint density at radius 3 is 2.55 bits per heavy atom. The minimum Gasteiger partial charge on any atom is -0.493 e. The van der Waals surface area contributed by atoms with Crippen molar-refractivity contribution < 1.29 is 23.1 Å². The van der Waals surface area contributed by atoms with Crippen molar-refractivity contribution in [3.8, 4) is 5.75 Å². The molecule has 0 amide bonds. The van der Waals surface area contributed by atoms with Crippen LogP contribution in [0.3, 0.4) is 0 Å². The van der Waals surface area contributed by atoms with E-state index in [9.17, 15) is 13.2 Å². The van der Waals surface area contributed by atoms with Crippen LogP contribution in [-0.2, 0) is 13.8 Å². The number of carboxylic acids is 1. The van der Waals surface area contributed by atoms with Gasteiger partial charge in [0.2, 0.25) is 0 Å². The summed E-state index contributed by atoms with van der Waals surface area (Å²) in [5, 5.41) is 8.54. The summed E-state index contributed by atoms with van der Waals surface area (Å²) < 4.78 is 28.1. The lowest BCUT2D eigenvalue weighted by Gasteiger charge is -2.14. The van der Waals surface area contributed by atoms with Crippen LogP contribution in [0.25, 0.3) is 0 Å². The maximum absolute atomic E-state index is 11.3. The fourth-order valence-electron chi connectivity index (χ4n) is 1.67. The minimum absolute atomic E-state index is 0.0285. The SMILES string of the molecule is CC(C)c1cc(S(=O)(=O)Cl)ccc1OCCCC(=O)O. The van der Waals surface area contributed by atoms with Gasteiger partial charge in [-0.15, -0.1) is 0 Å². The molecule has 1 rings (SSSR count). The maximum Gasteiger partial charge on any atom is 0.303 e. The number of aliphatic carboxylic acids is 1. The summed E-state index contributed by atoms with van der Waals surface area (Å²) in [6, 6.07) is 4.41. The zero-order valence-electron chi connectivity index (χ0n) is 11.3. The van der Waals surface area contributed by atoms with Crippen LogP contribution in [-0.4, -0.2) is 26.1 Å². The summed E-state index contributed by atoms with van der Waals surface area (Å²) in [6.45, 7) is 4.08. The van der Waals surface area contributed by atoms with Crippen LogP contribution in [0.2, 0.25) is 0 Å². The third-order valence-electron chi connectivity index (χ3n) is 2.68. The Morgan fingerprint density at radius 2 is 2.05 bits per heavy atom. The van der Waals surface area contributed by atoms with Crippen LogP contribution >= 0.6 is 10.7 Å². The average Bonchev–Trinajstić information content (AvgIpc) is 2.33. The Bertz CT molecular complexity index is 580. The number of carbonyl (C=O) groups is 1. The number of ether oxygens (including phenoxy) is 1. The van der Waals surface area contributed by atoms with Gasteiger partial charge < -0.3 is 9.84 Å². The molecule has 0 fully saturated rings. The lowest BCUT2D eigenvalue weighted by molar-refractivity contribution is -0.137. The molecular formula is C13H17ClO5S. The first-order valence-corrected chi connectivity index (χ1v) is 8.46. The molecule has 0 saturated carbocycles. The first kappa shape index (κ1) is 16.8. The highest BCUT2D eigenvalue weighted by Crippen LogP contribution is 2.30. The van der Waals surface area contributed by atoms with Crippen LogP contribution in [0, 0.1) is 0 Å². The maximum atomic E-state index is 11.3. The Kier molecular flexibility index (Phi) is 5.83. The van der Waals surface area contributed by atoms with Gasteiger partial charge in [-0.05, 0) is 36.1 Å². The second-order valence-corrected chi connectivity index (χ2v) is 7.20. The normalized spacial score (nSPS) is 11.6. The zero-order valence-corrected chi connectivity index (χ0v) is 12.9. The quantitative estimate of drug-likeness (QED) is 0.617. The van der Waals surface area contributed by atoms with E-state index in [4.69, 9.17) is 20.5 Å².